The zero-order chi connectivity index (χ0) is 24.5. The quantitative estimate of drug-likeness (QED) is 0.258. The number of benzene rings is 2. The molecule has 7 nitrogen and oxygen atoms in total. The van der Waals surface area contributed by atoms with Gasteiger partial charge in [-0.3, -0.25) is 9.10 Å². The summed E-state index contributed by atoms with van der Waals surface area (Å²) in [6.45, 7) is 10.7. The van der Waals surface area contributed by atoms with Crippen molar-refractivity contribution >= 4 is 38.4 Å². The van der Waals surface area contributed by atoms with Crippen LogP contribution in [0.4, 0.5) is 5.69 Å². The summed E-state index contributed by atoms with van der Waals surface area (Å²) in [4.78, 5) is 25.5. The molecule has 0 fully saturated rings. The highest BCUT2D eigenvalue weighted by Gasteiger charge is 2.28. The Morgan fingerprint density at radius 2 is 1.76 bits per heavy atom. The lowest BCUT2D eigenvalue weighted by molar-refractivity contribution is 0.0528. The highest BCUT2D eigenvalue weighted by atomic mass is 32.2. The summed E-state index contributed by atoms with van der Waals surface area (Å²) in [5.41, 5.74) is 3.07. The van der Waals surface area contributed by atoms with Crippen molar-refractivity contribution in [2.45, 2.75) is 27.7 Å². The number of esters is 1. The zero-order valence-corrected chi connectivity index (χ0v) is 20.2. The number of fused-ring (bicyclic) bond motifs is 1. The molecular weight excluding hydrogens is 442 g/mol. The van der Waals surface area contributed by atoms with E-state index in [1.165, 1.54) is 19.1 Å². The van der Waals surface area contributed by atoms with E-state index in [1.54, 1.807) is 13.8 Å². The van der Waals surface area contributed by atoms with E-state index < -0.39 is 16.0 Å². The van der Waals surface area contributed by atoms with Crippen LogP contribution in [0, 0.1) is 6.92 Å². The number of carbonyl (C=O) groups is 2. The van der Waals surface area contributed by atoms with E-state index >= 15 is 0 Å². The van der Waals surface area contributed by atoms with Crippen molar-refractivity contribution in [3.05, 3.63) is 65.2 Å². The molecule has 3 rings (SSSR count). The Labute approximate surface area is 193 Å². The van der Waals surface area contributed by atoms with Crippen LogP contribution in [-0.2, 0) is 14.8 Å². The summed E-state index contributed by atoms with van der Waals surface area (Å²) in [6, 6.07) is 10.4. The van der Waals surface area contributed by atoms with Crippen LogP contribution in [0.5, 0.6) is 0 Å². The lowest BCUT2D eigenvalue weighted by atomic mass is 10.0. The molecule has 0 bridgehead atoms. The summed E-state index contributed by atoms with van der Waals surface area (Å²) in [5, 5.41) is 0.377. The van der Waals surface area contributed by atoms with Crippen LogP contribution in [0.25, 0.3) is 22.3 Å². The Hall–Kier alpha value is -3.39. The van der Waals surface area contributed by atoms with Crippen LogP contribution in [0.1, 0.15) is 47.1 Å². The molecule has 1 aromatic heterocycles. The van der Waals surface area contributed by atoms with E-state index in [4.69, 9.17) is 9.15 Å². The van der Waals surface area contributed by atoms with Crippen molar-refractivity contribution in [1.29, 1.82) is 0 Å². The van der Waals surface area contributed by atoms with Gasteiger partial charge in [0, 0.05) is 22.6 Å². The average Bonchev–Trinajstić information content (AvgIpc) is 3.09. The molecular formula is C25H27NO6S. The Balaban J connectivity index is 2.38. The van der Waals surface area contributed by atoms with Gasteiger partial charge in [-0.25, -0.2) is 13.2 Å². The van der Waals surface area contributed by atoms with Gasteiger partial charge in [0.05, 0.1) is 25.1 Å². The van der Waals surface area contributed by atoms with E-state index in [9.17, 15) is 18.0 Å². The number of nitrogens with zero attached hydrogens (tertiary/aromatic N) is 1. The topological polar surface area (TPSA) is 93.9 Å². The molecule has 174 valence electrons. The molecule has 3 aromatic rings. The summed E-state index contributed by atoms with van der Waals surface area (Å²) in [5.74, 6) is -0.646. The number of ether oxygens (including phenoxy) is 1. The number of aryl methyl sites for hydroxylation is 1. The minimum Gasteiger partial charge on any atom is -0.462 e. The van der Waals surface area contributed by atoms with Crippen LogP contribution in [0.2, 0.25) is 0 Å². The first-order valence-corrected chi connectivity index (χ1v) is 12.3. The SMILES string of the molecule is C=C(C)CN(c1cc2oc(-c3ccc(C)cc3)c(C(=O)OCC)c2cc1C(C)=O)S(C)(=O)=O. The Morgan fingerprint density at radius 1 is 1.12 bits per heavy atom. The minimum absolute atomic E-state index is 0.000874. The van der Waals surface area contributed by atoms with Gasteiger partial charge in [-0.05, 0) is 33.8 Å². The fraction of sp³-hybridized carbons (Fsp3) is 0.280. The Kier molecular flexibility index (Phi) is 6.78. The number of anilines is 1. The number of Topliss-reactive ketones (excluding diaryl/α,β-unsaturated/α-hetero) is 1. The number of ketones is 1. The summed E-state index contributed by atoms with van der Waals surface area (Å²) < 4.78 is 37.6. The van der Waals surface area contributed by atoms with Gasteiger partial charge >= 0.3 is 5.97 Å². The van der Waals surface area contributed by atoms with Crippen LogP contribution < -0.4 is 4.31 Å². The van der Waals surface area contributed by atoms with E-state index in [1.807, 2.05) is 31.2 Å². The molecule has 0 N–H and O–H groups in total. The zero-order valence-electron chi connectivity index (χ0n) is 19.4. The molecule has 0 aliphatic carbocycles. The number of hydrogen-bond donors (Lipinski definition) is 0. The molecule has 0 saturated heterocycles. The lowest BCUT2D eigenvalue weighted by Crippen LogP contribution is -2.32. The molecule has 2 aromatic carbocycles. The Morgan fingerprint density at radius 3 is 2.27 bits per heavy atom. The Bertz CT molecular complexity index is 1350. The van der Waals surface area contributed by atoms with Crippen LogP contribution >= 0.6 is 0 Å². The second-order valence-corrected chi connectivity index (χ2v) is 9.95. The molecule has 33 heavy (non-hydrogen) atoms. The molecule has 0 saturated carbocycles. The maximum atomic E-state index is 12.9. The van der Waals surface area contributed by atoms with Gasteiger partial charge in [0.15, 0.2) is 5.78 Å². The van der Waals surface area contributed by atoms with Gasteiger partial charge in [0.1, 0.15) is 16.9 Å². The first-order chi connectivity index (χ1) is 15.4. The normalized spacial score (nSPS) is 11.4. The molecule has 0 aliphatic heterocycles. The van der Waals surface area contributed by atoms with E-state index in [2.05, 4.69) is 6.58 Å². The van der Waals surface area contributed by atoms with Crippen molar-refractivity contribution < 1.29 is 27.2 Å². The standard InChI is InChI=1S/C25H27NO6S/c1-7-31-25(28)23-20-12-19(17(5)27)21(26(14-15(2)3)33(6,29)30)13-22(20)32-24(23)18-10-8-16(4)9-11-18/h8-13H,2,7,14H2,1,3-6H3. The molecule has 0 unspecified atom stereocenters. The van der Waals surface area contributed by atoms with Crippen LogP contribution in [-0.4, -0.2) is 39.6 Å². The van der Waals surface area contributed by atoms with Crippen molar-refractivity contribution in [2.75, 3.05) is 23.7 Å². The molecule has 8 heteroatoms. The third-order valence-corrected chi connectivity index (χ3v) is 6.19. The molecule has 0 aliphatic rings. The first kappa shape index (κ1) is 24.3. The fourth-order valence-electron chi connectivity index (χ4n) is 3.56. The predicted octanol–water partition coefficient (Wildman–Crippen LogP) is 5.13. The van der Waals surface area contributed by atoms with Gasteiger partial charge in [-0.1, -0.05) is 42.0 Å². The van der Waals surface area contributed by atoms with E-state index in [-0.39, 0.29) is 41.3 Å². The van der Waals surface area contributed by atoms with Gasteiger partial charge in [-0.2, -0.15) is 0 Å². The number of sulfonamides is 1. The number of furan rings is 1. The van der Waals surface area contributed by atoms with Gasteiger partial charge in [0.25, 0.3) is 0 Å². The van der Waals surface area contributed by atoms with Crippen molar-refractivity contribution in [3.8, 4) is 11.3 Å². The summed E-state index contributed by atoms with van der Waals surface area (Å²) >= 11 is 0. The largest absolute Gasteiger partial charge is 0.462 e. The third kappa shape index (κ3) is 5.01. The summed E-state index contributed by atoms with van der Waals surface area (Å²) in [7, 11) is -3.74. The maximum Gasteiger partial charge on any atom is 0.342 e. The van der Waals surface area contributed by atoms with Crippen LogP contribution in [0.15, 0.2) is 53.0 Å². The maximum absolute atomic E-state index is 12.9. The number of rotatable bonds is 8. The molecule has 1 heterocycles. The van der Waals surface area contributed by atoms with E-state index in [0.29, 0.717) is 22.3 Å². The first-order valence-electron chi connectivity index (χ1n) is 10.4. The fourth-order valence-corrected chi connectivity index (χ4v) is 4.52. The molecule has 0 amide bonds. The van der Waals surface area contributed by atoms with Crippen molar-refractivity contribution in [2.24, 2.45) is 0 Å². The monoisotopic (exact) mass is 469 g/mol. The highest BCUT2D eigenvalue weighted by molar-refractivity contribution is 7.92. The number of hydrogen-bond acceptors (Lipinski definition) is 6. The smallest absolute Gasteiger partial charge is 0.342 e. The van der Waals surface area contributed by atoms with Gasteiger partial charge < -0.3 is 9.15 Å². The lowest BCUT2D eigenvalue weighted by Gasteiger charge is -2.24. The molecule has 0 spiro atoms. The van der Waals surface area contributed by atoms with Crippen LogP contribution in [0.3, 0.4) is 0 Å². The molecule has 0 radical (unpaired) electrons. The highest BCUT2D eigenvalue weighted by Crippen LogP contribution is 2.38. The second-order valence-electron chi connectivity index (χ2n) is 8.04. The number of carbonyl (C=O) groups excluding carboxylic acids is 2. The second kappa shape index (κ2) is 9.23. The van der Waals surface area contributed by atoms with Crippen molar-refractivity contribution in [3.63, 3.8) is 0 Å². The molecule has 0 atom stereocenters. The third-order valence-electron chi connectivity index (χ3n) is 5.06. The van der Waals surface area contributed by atoms with Gasteiger partial charge in [-0.15, -0.1) is 0 Å². The van der Waals surface area contributed by atoms with E-state index in [0.717, 1.165) is 16.1 Å². The summed E-state index contributed by atoms with van der Waals surface area (Å²) in [6.07, 6.45) is 1.06. The average molecular weight is 470 g/mol. The predicted molar refractivity (Wildman–Crippen MR) is 129 cm³/mol. The van der Waals surface area contributed by atoms with Crippen molar-refractivity contribution in [1.82, 2.24) is 0 Å². The van der Waals surface area contributed by atoms with Gasteiger partial charge in [0.2, 0.25) is 10.0 Å². The minimum atomic E-state index is -3.74.